The Morgan fingerprint density at radius 1 is 0.300 bits per heavy atom. The van der Waals surface area contributed by atoms with Crippen molar-refractivity contribution in [2.45, 2.75) is 0 Å². The number of nitrogens with zero attached hydrogens (tertiary/aromatic N) is 3. The average molecular weight is 896 g/mol. The molecule has 0 aliphatic rings. The van der Waals surface area contributed by atoms with Gasteiger partial charge in [-0.3, -0.25) is 0 Å². The molecule has 5 aromatic heterocycles. The van der Waals surface area contributed by atoms with E-state index in [0.29, 0.717) is 5.82 Å². The summed E-state index contributed by atoms with van der Waals surface area (Å²) in [6, 6.07) is 78.5. The van der Waals surface area contributed by atoms with Gasteiger partial charge >= 0.3 is 0 Å². The Hall–Kier alpha value is -9.52. The molecule has 0 saturated heterocycles. The third kappa shape index (κ3) is 5.93. The van der Waals surface area contributed by atoms with Gasteiger partial charge in [0.15, 0.2) is 5.82 Å². The monoisotopic (exact) mass is 895 g/mol. The van der Waals surface area contributed by atoms with E-state index in [0.717, 1.165) is 133 Å². The maximum Gasteiger partial charge on any atom is 0.161 e. The lowest BCUT2D eigenvalue weighted by molar-refractivity contribution is 0.668. The van der Waals surface area contributed by atoms with Gasteiger partial charge in [-0.05, 0) is 95.6 Å². The predicted molar refractivity (Wildman–Crippen MR) is 285 cm³/mol. The average Bonchev–Trinajstić information content (AvgIpc) is 4.19. The number of aromatic nitrogens is 3. The highest BCUT2D eigenvalue weighted by atomic mass is 16.3. The van der Waals surface area contributed by atoms with Crippen molar-refractivity contribution >= 4 is 87.6 Å². The van der Waals surface area contributed by atoms with E-state index in [1.54, 1.807) is 0 Å². The second-order valence-electron chi connectivity index (χ2n) is 18.0. The second kappa shape index (κ2) is 15.0. The molecule has 10 aromatic carbocycles. The minimum Gasteiger partial charge on any atom is -0.456 e. The van der Waals surface area contributed by atoms with Crippen LogP contribution in [0.4, 0.5) is 0 Å². The van der Waals surface area contributed by atoms with E-state index in [9.17, 15) is 0 Å². The second-order valence-corrected chi connectivity index (χ2v) is 18.0. The van der Waals surface area contributed by atoms with Crippen LogP contribution in [0.3, 0.4) is 0 Å². The van der Waals surface area contributed by atoms with Crippen molar-refractivity contribution in [2.24, 2.45) is 0 Å². The van der Waals surface area contributed by atoms with Crippen LogP contribution in [-0.2, 0) is 0 Å². The van der Waals surface area contributed by atoms with Gasteiger partial charge in [0, 0.05) is 71.0 Å². The van der Waals surface area contributed by atoms with Crippen LogP contribution in [0.2, 0.25) is 0 Å². The van der Waals surface area contributed by atoms with Gasteiger partial charge in [-0.2, -0.15) is 0 Å². The van der Waals surface area contributed by atoms with Crippen LogP contribution in [0, 0.1) is 0 Å². The molecule has 0 bridgehead atoms. The highest BCUT2D eigenvalue weighted by Gasteiger charge is 2.20. The van der Waals surface area contributed by atoms with Crippen molar-refractivity contribution in [3.63, 3.8) is 0 Å². The topological polar surface area (TPSA) is 70.1 Å². The fraction of sp³-hybridized carbons (Fsp3) is 0. The predicted octanol–water partition coefficient (Wildman–Crippen LogP) is 17.6. The highest BCUT2D eigenvalue weighted by Crippen LogP contribution is 2.42. The fourth-order valence-electron chi connectivity index (χ4n) is 10.7. The molecular weight excluding hydrogens is 859 g/mol. The van der Waals surface area contributed by atoms with Crippen molar-refractivity contribution < 1.29 is 13.3 Å². The number of hydrogen-bond acceptors (Lipinski definition) is 5. The number of furan rings is 3. The SMILES string of the molecule is c1ccc(-c2cc(-c3ccc4c(c3)oc3ccccc34)nc(-c3cccc4oc5ccc(-c6ccc7c(c6)c6ccccc6n7-c6ccc(-c7cccc8c7oc7ccccc78)cc6)cc5c34)n2)cc1. The summed E-state index contributed by atoms with van der Waals surface area (Å²) in [5, 5.41) is 8.78. The highest BCUT2D eigenvalue weighted by molar-refractivity contribution is 6.15. The maximum atomic E-state index is 6.59. The lowest BCUT2D eigenvalue weighted by Crippen LogP contribution is -1.96. The number of benzene rings is 10. The summed E-state index contributed by atoms with van der Waals surface area (Å²) in [5.41, 5.74) is 17.4. The summed E-state index contributed by atoms with van der Waals surface area (Å²) in [6.45, 7) is 0. The third-order valence-electron chi connectivity index (χ3n) is 14.1. The number of para-hydroxylation sites is 4. The Morgan fingerprint density at radius 2 is 0.871 bits per heavy atom. The van der Waals surface area contributed by atoms with Crippen LogP contribution in [0.25, 0.3) is 149 Å². The molecule has 0 aliphatic carbocycles. The quantitative estimate of drug-likeness (QED) is 0.166. The minimum atomic E-state index is 0.619. The van der Waals surface area contributed by atoms with Gasteiger partial charge in [0.2, 0.25) is 0 Å². The molecule has 0 unspecified atom stereocenters. The normalized spacial score (nSPS) is 12.0. The van der Waals surface area contributed by atoms with E-state index in [1.165, 1.54) is 10.8 Å². The zero-order valence-corrected chi connectivity index (χ0v) is 37.4. The first-order valence-electron chi connectivity index (χ1n) is 23.5. The van der Waals surface area contributed by atoms with Crippen LogP contribution < -0.4 is 0 Å². The Balaban J connectivity index is 0.841. The molecule has 0 aliphatic heterocycles. The van der Waals surface area contributed by atoms with Crippen molar-refractivity contribution in [2.75, 3.05) is 0 Å². The van der Waals surface area contributed by atoms with Crippen LogP contribution in [0.15, 0.2) is 238 Å². The maximum absolute atomic E-state index is 6.59. The molecule has 15 aromatic rings. The Morgan fingerprint density at radius 3 is 1.71 bits per heavy atom. The summed E-state index contributed by atoms with van der Waals surface area (Å²) >= 11 is 0. The van der Waals surface area contributed by atoms with E-state index in [-0.39, 0.29) is 0 Å². The third-order valence-corrected chi connectivity index (χ3v) is 14.1. The first-order chi connectivity index (χ1) is 34.7. The van der Waals surface area contributed by atoms with Gasteiger partial charge in [0.05, 0.1) is 22.4 Å². The van der Waals surface area contributed by atoms with E-state index >= 15 is 0 Å². The van der Waals surface area contributed by atoms with E-state index in [1.807, 2.05) is 60.7 Å². The summed E-state index contributed by atoms with van der Waals surface area (Å²) in [7, 11) is 0. The molecule has 326 valence electrons. The van der Waals surface area contributed by atoms with Gasteiger partial charge in [-0.25, -0.2) is 9.97 Å². The van der Waals surface area contributed by atoms with Gasteiger partial charge < -0.3 is 17.8 Å². The van der Waals surface area contributed by atoms with Gasteiger partial charge in [0.25, 0.3) is 0 Å². The lowest BCUT2D eigenvalue weighted by atomic mass is 9.99. The summed E-state index contributed by atoms with van der Waals surface area (Å²) in [5.74, 6) is 0.619. The number of rotatable bonds is 6. The molecular formula is C64H37N3O3. The Labute approximate surface area is 399 Å². The van der Waals surface area contributed by atoms with E-state index < -0.39 is 0 Å². The summed E-state index contributed by atoms with van der Waals surface area (Å²) in [6.07, 6.45) is 0. The summed E-state index contributed by atoms with van der Waals surface area (Å²) < 4.78 is 21.7. The molecule has 0 amide bonds. The molecule has 0 atom stereocenters. The molecule has 6 nitrogen and oxygen atoms in total. The molecule has 6 heteroatoms. The molecule has 70 heavy (non-hydrogen) atoms. The van der Waals surface area contributed by atoms with Crippen molar-refractivity contribution in [1.29, 1.82) is 0 Å². The molecule has 0 saturated carbocycles. The first-order valence-corrected chi connectivity index (χ1v) is 23.5. The molecule has 0 spiro atoms. The van der Waals surface area contributed by atoms with Crippen LogP contribution in [0.5, 0.6) is 0 Å². The molecule has 15 rings (SSSR count). The van der Waals surface area contributed by atoms with Gasteiger partial charge in [0.1, 0.15) is 33.5 Å². The zero-order valence-electron chi connectivity index (χ0n) is 37.4. The molecule has 0 N–H and O–H groups in total. The van der Waals surface area contributed by atoms with Crippen molar-refractivity contribution in [3.05, 3.63) is 224 Å². The standard InChI is InChI=1S/C64H37N3O3/c1-2-12-39(13-3-1)53-37-54(42-26-31-48-46-15-5-8-21-57(46)69-61(48)36-42)66-64(65-53)50-19-11-23-60-62(50)52-35-41(28-33-59(52)68-60)40-27-32-56-51(34-40)45-14-4-7-20-55(45)67(56)43-29-24-38(25-30-43)44-17-10-18-49-47-16-6-9-22-58(47)70-63(44)49/h1-37H. The van der Waals surface area contributed by atoms with Crippen LogP contribution in [0.1, 0.15) is 0 Å². The molecule has 0 fully saturated rings. The largest absolute Gasteiger partial charge is 0.456 e. The van der Waals surface area contributed by atoms with Crippen molar-refractivity contribution in [3.8, 4) is 61.8 Å². The van der Waals surface area contributed by atoms with Gasteiger partial charge in [-0.1, -0.05) is 146 Å². The van der Waals surface area contributed by atoms with E-state index in [2.05, 4.69) is 168 Å². The lowest BCUT2D eigenvalue weighted by Gasteiger charge is -2.11. The Bertz CT molecular complexity index is 4590. The number of hydrogen-bond donors (Lipinski definition) is 0. The van der Waals surface area contributed by atoms with E-state index in [4.69, 9.17) is 23.2 Å². The molecule has 5 heterocycles. The first kappa shape index (κ1) is 38.6. The molecule has 0 radical (unpaired) electrons. The smallest absolute Gasteiger partial charge is 0.161 e. The minimum absolute atomic E-state index is 0.619. The number of fused-ring (bicyclic) bond motifs is 12. The summed E-state index contributed by atoms with van der Waals surface area (Å²) in [4.78, 5) is 10.6. The zero-order chi connectivity index (χ0) is 45.9. The van der Waals surface area contributed by atoms with Crippen LogP contribution >= 0.6 is 0 Å². The van der Waals surface area contributed by atoms with Crippen LogP contribution in [-0.4, -0.2) is 14.5 Å². The fourth-order valence-corrected chi connectivity index (χ4v) is 10.7. The Kier molecular flexibility index (Phi) is 8.26. The van der Waals surface area contributed by atoms with Gasteiger partial charge in [-0.15, -0.1) is 0 Å². The van der Waals surface area contributed by atoms with Crippen molar-refractivity contribution in [1.82, 2.24) is 14.5 Å².